The first-order valence-electron chi connectivity index (χ1n) is 6.36. The summed E-state index contributed by atoms with van der Waals surface area (Å²) in [7, 11) is 1.47. The minimum absolute atomic E-state index is 0.00646. The molecule has 5 nitrogen and oxygen atoms in total. The molecule has 0 aliphatic carbocycles. The van der Waals surface area contributed by atoms with Crippen LogP contribution in [0.25, 0.3) is 0 Å². The van der Waals surface area contributed by atoms with Crippen molar-refractivity contribution in [2.24, 2.45) is 0 Å². The number of phenolic OH excluding ortho intramolecular Hbond substituents is 1. The predicted molar refractivity (Wildman–Crippen MR) is 89.7 cm³/mol. The topological polar surface area (TPSA) is 70.6 Å². The number of methoxy groups -OCH3 is 1. The van der Waals surface area contributed by atoms with Crippen LogP contribution in [0.2, 0.25) is 5.02 Å². The van der Waals surface area contributed by atoms with Crippen molar-refractivity contribution in [3.05, 3.63) is 51.5 Å². The van der Waals surface area contributed by atoms with Gasteiger partial charge in [-0.2, -0.15) is 0 Å². The van der Waals surface area contributed by atoms with Crippen molar-refractivity contribution in [3.63, 3.8) is 0 Å². The number of ether oxygens (including phenoxy) is 1. The molecule has 0 unspecified atom stereocenters. The average Bonchev–Trinajstić information content (AvgIpc) is 2.49. The first-order chi connectivity index (χ1) is 10.5. The van der Waals surface area contributed by atoms with Gasteiger partial charge in [0, 0.05) is 16.6 Å². The molecule has 0 spiro atoms. The van der Waals surface area contributed by atoms with Gasteiger partial charge in [0.25, 0.3) is 0 Å². The summed E-state index contributed by atoms with van der Waals surface area (Å²) in [5.74, 6) is 0.364. The van der Waals surface area contributed by atoms with Gasteiger partial charge >= 0.3 is 6.03 Å². The van der Waals surface area contributed by atoms with Crippen LogP contribution >= 0.6 is 27.5 Å². The third-order valence-electron chi connectivity index (χ3n) is 2.92. The normalized spacial score (nSPS) is 10.1. The number of benzene rings is 2. The van der Waals surface area contributed by atoms with E-state index in [1.807, 2.05) is 0 Å². The highest BCUT2D eigenvalue weighted by Gasteiger charge is 2.10. The maximum atomic E-state index is 11.9. The molecule has 2 aromatic carbocycles. The van der Waals surface area contributed by atoms with Crippen LogP contribution in [0.3, 0.4) is 0 Å². The van der Waals surface area contributed by atoms with Gasteiger partial charge in [-0.3, -0.25) is 0 Å². The lowest BCUT2D eigenvalue weighted by Gasteiger charge is -2.11. The number of phenols is 1. The molecule has 2 aromatic rings. The minimum atomic E-state index is -0.425. The molecule has 0 fully saturated rings. The highest BCUT2D eigenvalue weighted by atomic mass is 79.9. The number of carbonyl (C=O) groups is 1. The van der Waals surface area contributed by atoms with Crippen molar-refractivity contribution in [1.82, 2.24) is 5.32 Å². The molecular formula is C15H14BrClN2O3. The lowest BCUT2D eigenvalue weighted by Crippen LogP contribution is -2.28. The second kappa shape index (κ2) is 7.38. The molecule has 0 atom stereocenters. The maximum Gasteiger partial charge on any atom is 0.319 e. The summed E-state index contributed by atoms with van der Waals surface area (Å²) >= 11 is 9.32. The van der Waals surface area contributed by atoms with Gasteiger partial charge in [-0.1, -0.05) is 39.7 Å². The molecule has 7 heteroatoms. The number of halogens is 2. The number of aromatic hydroxyl groups is 1. The smallest absolute Gasteiger partial charge is 0.319 e. The molecule has 2 amide bonds. The summed E-state index contributed by atoms with van der Waals surface area (Å²) in [6.07, 6.45) is 0. The molecular weight excluding hydrogens is 372 g/mol. The second-order valence-electron chi connectivity index (χ2n) is 4.40. The molecule has 0 saturated heterocycles. The quantitative estimate of drug-likeness (QED) is 0.741. The summed E-state index contributed by atoms with van der Waals surface area (Å²) in [4.78, 5) is 11.9. The van der Waals surface area contributed by atoms with E-state index >= 15 is 0 Å². The van der Waals surface area contributed by atoms with E-state index < -0.39 is 6.03 Å². The largest absolute Gasteiger partial charge is 0.504 e. The number of hydrogen-bond acceptors (Lipinski definition) is 3. The number of para-hydroxylation sites is 1. The van der Waals surface area contributed by atoms with Crippen molar-refractivity contribution in [3.8, 4) is 11.5 Å². The van der Waals surface area contributed by atoms with E-state index in [1.54, 1.807) is 36.4 Å². The van der Waals surface area contributed by atoms with E-state index in [1.165, 1.54) is 7.11 Å². The van der Waals surface area contributed by atoms with Crippen molar-refractivity contribution in [2.45, 2.75) is 6.54 Å². The fourth-order valence-electron chi connectivity index (χ4n) is 1.81. The zero-order chi connectivity index (χ0) is 16.1. The number of amides is 2. The summed E-state index contributed by atoms with van der Waals surface area (Å²) in [6, 6.07) is 9.80. The Balaban J connectivity index is 1.98. The third kappa shape index (κ3) is 4.05. The molecule has 22 heavy (non-hydrogen) atoms. The Kier molecular flexibility index (Phi) is 5.51. The van der Waals surface area contributed by atoms with Gasteiger partial charge in [-0.15, -0.1) is 0 Å². The highest BCUT2D eigenvalue weighted by Crippen LogP contribution is 2.29. The van der Waals surface area contributed by atoms with Crippen molar-refractivity contribution in [1.29, 1.82) is 0 Å². The number of hydrogen-bond donors (Lipinski definition) is 3. The summed E-state index contributed by atoms with van der Waals surface area (Å²) in [6.45, 7) is 0.156. The molecule has 0 aromatic heterocycles. The van der Waals surface area contributed by atoms with Crippen LogP contribution in [0.4, 0.5) is 10.5 Å². The standard InChI is InChI=1S/C15H14BrClN2O3/c1-22-13-4-2-3-9(14(13)20)8-18-15(21)19-12-6-5-10(16)7-11(12)17/h2-7,20H,8H2,1H3,(H2,18,19,21). The van der Waals surface area contributed by atoms with E-state index in [4.69, 9.17) is 16.3 Å². The Hall–Kier alpha value is -1.92. The molecule has 116 valence electrons. The maximum absolute atomic E-state index is 11.9. The Bertz CT molecular complexity index is 694. The Morgan fingerprint density at radius 1 is 1.36 bits per heavy atom. The summed E-state index contributed by atoms with van der Waals surface area (Å²) in [5.41, 5.74) is 1.05. The molecule has 0 saturated carbocycles. The molecule has 0 bridgehead atoms. The first kappa shape index (κ1) is 16.5. The van der Waals surface area contributed by atoms with Gasteiger partial charge in [0.1, 0.15) is 0 Å². The van der Waals surface area contributed by atoms with Crippen LogP contribution in [0.1, 0.15) is 5.56 Å². The molecule has 2 rings (SSSR count). The van der Waals surface area contributed by atoms with E-state index in [-0.39, 0.29) is 12.3 Å². The molecule has 0 aliphatic heterocycles. The first-order valence-corrected chi connectivity index (χ1v) is 7.53. The van der Waals surface area contributed by atoms with Crippen LogP contribution < -0.4 is 15.4 Å². The zero-order valence-corrected chi connectivity index (χ0v) is 14.0. The van der Waals surface area contributed by atoms with E-state index in [2.05, 4.69) is 26.6 Å². The fraction of sp³-hybridized carbons (Fsp3) is 0.133. The lowest BCUT2D eigenvalue weighted by atomic mass is 10.2. The monoisotopic (exact) mass is 384 g/mol. The Morgan fingerprint density at radius 3 is 2.82 bits per heavy atom. The van der Waals surface area contributed by atoms with E-state index in [0.29, 0.717) is 22.0 Å². The number of nitrogens with one attached hydrogen (secondary N) is 2. The van der Waals surface area contributed by atoms with Crippen LogP contribution in [-0.4, -0.2) is 18.2 Å². The summed E-state index contributed by atoms with van der Waals surface area (Å²) in [5, 5.41) is 15.7. The number of carbonyl (C=O) groups excluding carboxylic acids is 1. The number of urea groups is 1. The second-order valence-corrected chi connectivity index (χ2v) is 5.72. The number of rotatable bonds is 4. The van der Waals surface area contributed by atoms with Gasteiger partial charge in [-0.05, 0) is 24.3 Å². The van der Waals surface area contributed by atoms with Gasteiger partial charge in [-0.25, -0.2) is 4.79 Å². The van der Waals surface area contributed by atoms with E-state index in [0.717, 1.165) is 4.47 Å². The van der Waals surface area contributed by atoms with E-state index in [9.17, 15) is 9.90 Å². The fourth-order valence-corrected chi connectivity index (χ4v) is 2.53. The molecule has 3 N–H and O–H groups in total. The van der Waals surface area contributed by atoms with Crippen molar-refractivity contribution < 1.29 is 14.6 Å². The molecule has 0 aliphatic rings. The number of anilines is 1. The van der Waals surface area contributed by atoms with Gasteiger partial charge < -0.3 is 20.5 Å². The van der Waals surface area contributed by atoms with Gasteiger partial charge in [0.05, 0.1) is 17.8 Å². The third-order valence-corrected chi connectivity index (χ3v) is 3.73. The summed E-state index contributed by atoms with van der Waals surface area (Å²) < 4.78 is 5.84. The molecule has 0 radical (unpaired) electrons. The van der Waals surface area contributed by atoms with Crippen LogP contribution in [0.15, 0.2) is 40.9 Å². The average molecular weight is 386 g/mol. The highest BCUT2D eigenvalue weighted by molar-refractivity contribution is 9.10. The van der Waals surface area contributed by atoms with Gasteiger partial charge in [0.2, 0.25) is 0 Å². The van der Waals surface area contributed by atoms with Crippen molar-refractivity contribution in [2.75, 3.05) is 12.4 Å². The predicted octanol–water partition coefficient (Wildman–Crippen LogP) is 4.14. The SMILES string of the molecule is COc1cccc(CNC(=O)Nc2ccc(Br)cc2Cl)c1O. The van der Waals surface area contributed by atoms with Crippen LogP contribution in [0, 0.1) is 0 Å². The Labute approximate surface area is 141 Å². The van der Waals surface area contributed by atoms with Gasteiger partial charge in [0.15, 0.2) is 11.5 Å². The molecule has 0 heterocycles. The minimum Gasteiger partial charge on any atom is -0.504 e. The van der Waals surface area contributed by atoms with Crippen LogP contribution in [0.5, 0.6) is 11.5 Å². The zero-order valence-electron chi connectivity index (χ0n) is 11.7. The lowest BCUT2D eigenvalue weighted by molar-refractivity contribution is 0.251. The van der Waals surface area contributed by atoms with Crippen LogP contribution in [-0.2, 0) is 6.54 Å². The van der Waals surface area contributed by atoms with Crippen molar-refractivity contribution >= 4 is 39.2 Å². The Morgan fingerprint density at radius 2 is 2.14 bits per heavy atom.